The van der Waals surface area contributed by atoms with Crippen molar-refractivity contribution in [2.24, 2.45) is 5.92 Å². The van der Waals surface area contributed by atoms with Gasteiger partial charge in [0.25, 0.3) is 5.91 Å². The Kier molecular flexibility index (Phi) is 9.26. The van der Waals surface area contributed by atoms with Gasteiger partial charge in [0.05, 0.1) is 5.56 Å². The molecule has 0 atom stereocenters. The van der Waals surface area contributed by atoms with E-state index in [2.05, 4.69) is 24.1 Å². The molecule has 0 unspecified atom stereocenters. The van der Waals surface area contributed by atoms with E-state index in [1.54, 1.807) is 17.0 Å². The quantitative estimate of drug-likeness (QED) is 0.517. The average molecular weight is 456 g/mol. The minimum Gasteiger partial charge on any atom is -0.444 e. The number of carbonyl (C=O) groups is 2. The molecule has 0 fully saturated rings. The molecule has 1 aromatic heterocycles. The van der Waals surface area contributed by atoms with E-state index in [4.69, 9.17) is 9.47 Å². The van der Waals surface area contributed by atoms with Crippen molar-refractivity contribution < 1.29 is 19.1 Å². The summed E-state index contributed by atoms with van der Waals surface area (Å²) in [6, 6.07) is 10.9. The van der Waals surface area contributed by atoms with Crippen LogP contribution in [-0.2, 0) is 11.3 Å². The first-order valence-electron chi connectivity index (χ1n) is 11.4. The molecule has 1 aromatic carbocycles. The number of hydrogen-bond acceptors (Lipinski definition) is 5. The van der Waals surface area contributed by atoms with Crippen molar-refractivity contribution in [2.75, 3.05) is 6.54 Å². The third-order valence-corrected chi connectivity index (χ3v) is 4.57. The van der Waals surface area contributed by atoms with Gasteiger partial charge in [-0.15, -0.1) is 0 Å². The van der Waals surface area contributed by atoms with Crippen LogP contribution in [0.15, 0.2) is 42.6 Å². The third-order valence-electron chi connectivity index (χ3n) is 4.57. The van der Waals surface area contributed by atoms with E-state index < -0.39 is 5.60 Å². The van der Waals surface area contributed by atoms with Crippen molar-refractivity contribution in [3.8, 4) is 11.6 Å². The third kappa shape index (κ3) is 9.51. The van der Waals surface area contributed by atoms with Crippen molar-refractivity contribution in [1.82, 2.24) is 15.2 Å². The topological polar surface area (TPSA) is 80.8 Å². The van der Waals surface area contributed by atoms with Crippen LogP contribution in [0, 0.1) is 5.92 Å². The Labute approximate surface area is 197 Å². The van der Waals surface area contributed by atoms with Crippen LogP contribution in [0.2, 0.25) is 0 Å². The minimum absolute atomic E-state index is 0.0588. The van der Waals surface area contributed by atoms with Gasteiger partial charge in [-0.2, -0.15) is 0 Å². The lowest BCUT2D eigenvalue weighted by Crippen LogP contribution is -2.37. The van der Waals surface area contributed by atoms with Gasteiger partial charge in [0.1, 0.15) is 11.4 Å². The fraction of sp³-hybridized carbons (Fsp3) is 0.500. The lowest BCUT2D eigenvalue weighted by Gasteiger charge is -2.28. The largest absolute Gasteiger partial charge is 0.444 e. The fourth-order valence-corrected chi connectivity index (χ4v) is 2.90. The van der Waals surface area contributed by atoms with E-state index in [-0.39, 0.29) is 18.0 Å². The minimum atomic E-state index is -0.539. The molecule has 0 radical (unpaired) electrons. The zero-order valence-electron chi connectivity index (χ0n) is 20.8. The number of nitrogens with zero attached hydrogens (tertiary/aromatic N) is 2. The Morgan fingerprint density at radius 2 is 1.70 bits per heavy atom. The molecular formula is C26H37N3O4. The average Bonchev–Trinajstić information content (AvgIpc) is 2.71. The van der Waals surface area contributed by atoms with E-state index in [1.807, 2.05) is 58.9 Å². The first-order valence-corrected chi connectivity index (χ1v) is 11.4. The Morgan fingerprint density at radius 1 is 1.03 bits per heavy atom. The smallest absolute Gasteiger partial charge is 0.410 e. The number of rotatable bonds is 9. The molecule has 180 valence electrons. The van der Waals surface area contributed by atoms with Crippen molar-refractivity contribution in [2.45, 2.75) is 73.1 Å². The summed E-state index contributed by atoms with van der Waals surface area (Å²) in [5.74, 6) is 1.34. The number of amides is 2. The van der Waals surface area contributed by atoms with Crippen LogP contribution < -0.4 is 10.1 Å². The molecule has 0 aliphatic carbocycles. The molecule has 0 saturated carbocycles. The number of ether oxygens (including phenoxy) is 2. The van der Waals surface area contributed by atoms with Gasteiger partial charge in [-0.1, -0.05) is 26.0 Å². The van der Waals surface area contributed by atoms with Crippen LogP contribution in [0.5, 0.6) is 11.6 Å². The van der Waals surface area contributed by atoms with Crippen molar-refractivity contribution >= 4 is 12.0 Å². The van der Waals surface area contributed by atoms with E-state index in [9.17, 15) is 9.59 Å². The maximum Gasteiger partial charge on any atom is 0.410 e. The highest BCUT2D eigenvalue weighted by Gasteiger charge is 2.22. The van der Waals surface area contributed by atoms with Crippen molar-refractivity contribution in [3.05, 3.63) is 53.7 Å². The Hall–Kier alpha value is -3.09. The molecule has 2 rings (SSSR count). The Balaban J connectivity index is 2.02. The van der Waals surface area contributed by atoms with Crippen LogP contribution in [0.25, 0.3) is 0 Å². The second-order valence-corrected chi connectivity index (χ2v) is 9.84. The Morgan fingerprint density at radius 3 is 2.21 bits per heavy atom. The summed E-state index contributed by atoms with van der Waals surface area (Å²) >= 11 is 0. The summed E-state index contributed by atoms with van der Waals surface area (Å²) in [7, 11) is 0. The van der Waals surface area contributed by atoms with Crippen molar-refractivity contribution in [3.63, 3.8) is 0 Å². The zero-order valence-corrected chi connectivity index (χ0v) is 20.8. The molecule has 0 bridgehead atoms. The lowest BCUT2D eigenvalue weighted by atomic mass is 10.1. The van der Waals surface area contributed by atoms with Gasteiger partial charge >= 0.3 is 6.09 Å². The van der Waals surface area contributed by atoms with Gasteiger partial charge in [0.2, 0.25) is 5.88 Å². The second kappa shape index (κ2) is 11.7. The van der Waals surface area contributed by atoms with Crippen LogP contribution in [-0.4, -0.2) is 40.1 Å². The van der Waals surface area contributed by atoms with Crippen LogP contribution in [0.1, 0.15) is 70.8 Å². The molecule has 0 aliphatic rings. The molecule has 2 amide bonds. The maximum absolute atomic E-state index is 12.7. The van der Waals surface area contributed by atoms with E-state index in [0.717, 1.165) is 12.0 Å². The maximum atomic E-state index is 12.7. The molecule has 0 saturated heterocycles. The molecule has 0 aliphatic heterocycles. The zero-order chi connectivity index (χ0) is 24.6. The highest BCUT2D eigenvalue weighted by Crippen LogP contribution is 2.21. The second-order valence-electron chi connectivity index (χ2n) is 9.84. The van der Waals surface area contributed by atoms with Crippen LogP contribution in [0.4, 0.5) is 4.79 Å². The SMILES string of the molecule is CC(C)CCN(Cc1ccc(Oc2ccc(C(=O)NC(C)C)cn2)cc1)C(=O)OC(C)(C)C. The molecular weight excluding hydrogens is 418 g/mol. The first kappa shape index (κ1) is 26.2. The van der Waals surface area contributed by atoms with Gasteiger partial charge < -0.3 is 19.7 Å². The van der Waals surface area contributed by atoms with Gasteiger partial charge in [0.15, 0.2) is 0 Å². The van der Waals surface area contributed by atoms with E-state index in [0.29, 0.717) is 36.2 Å². The number of nitrogens with one attached hydrogen (secondary N) is 1. The first-order chi connectivity index (χ1) is 15.4. The summed E-state index contributed by atoms with van der Waals surface area (Å²) in [5.41, 5.74) is 0.920. The van der Waals surface area contributed by atoms with Gasteiger partial charge in [-0.05, 0) is 70.7 Å². The molecule has 1 heterocycles. The molecule has 0 spiro atoms. The number of benzene rings is 1. The highest BCUT2D eigenvalue weighted by atomic mass is 16.6. The normalized spacial score (nSPS) is 11.4. The van der Waals surface area contributed by atoms with Crippen molar-refractivity contribution in [1.29, 1.82) is 0 Å². The predicted octanol–water partition coefficient (Wildman–Crippen LogP) is 5.80. The summed E-state index contributed by atoms with van der Waals surface area (Å²) in [5, 5.41) is 2.83. The fourth-order valence-electron chi connectivity index (χ4n) is 2.90. The van der Waals surface area contributed by atoms with Gasteiger partial charge in [-0.25, -0.2) is 9.78 Å². The van der Waals surface area contributed by atoms with E-state index in [1.165, 1.54) is 6.20 Å². The summed E-state index contributed by atoms with van der Waals surface area (Å²) in [6.07, 6.45) is 2.08. The number of aromatic nitrogens is 1. The van der Waals surface area contributed by atoms with Gasteiger partial charge in [-0.3, -0.25) is 4.79 Å². The van der Waals surface area contributed by atoms with E-state index >= 15 is 0 Å². The number of carbonyl (C=O) groups excluding carboxylic acids is 2. The summed E-state index contributed by atoms with van der Waals surface area (Å²) in [4.78, 5) is 30.6. The van der Waals surface area contributed by atoms with Gasteiger partial charge in [0, 0.05) is 31.4 Å². The number of hydrogen-bond donors (Lipinski definition) is 1. The molecule has 7 nitrogen and oxygen atoms in total. The Bertz CT molecular complexity index is 901. The van der Waals surface area contributed by atoms with Crippen LogP contribution in [0.3, 0.4) is 0 Å². The lowest BCUT2D eigenvalue weighted by molar-refractivity contribution is 0.0225. The summed E-state index contributed by atoms with van der Waals surface area (Å²) in [6.45, 7) is 14.8. The number of pyridine rings is 1. The summed E-state index contributed by atoms with van der Waals surface area (Å²) < 4.78 is 11.4. The predicted molar refractivity (Wildman–Crippen MR) is 129 cm³/mol. The highest BCUT2D eigenvalue weighted by molar-refractivity contribution is 5.94. The molecule has 7 heteroatoms. The standard InChI is InChI=1S/C26H37N3O4/c1-18(2)14-15-29(25(31)33-26(5,6)7)17-20-8-11-22(12-9-20)32-23-13-10-21(16-27-23)24(30)28-19(3)4/h8-13,16,18-19H,14-15,17H2,1-7H3,(H,28,30). The molecule has 2 aromatic rings. The molecule has 33 heavy (non-hydrogen) atoms. The molecule has 1 N–H and O–H groups in total. The van der Waals surface area contributed by atoms with Crippen LogP contribution >= 0.6 is 0 Å². The monoisotopic (exact) mass is 455 g/mol.